The monoisotopic (exact) mass is 515 g/mol. The van der Waals surface area contributed by atoms with Crippen molar-refractivity contribution < 1.29 is 33.3 Å². The van der Waals surface area contributed by atoms with E-state index in [2.05, 4.69) is 5.32 Å². The molecule has 0 aromatic heterocycles. The van der Waals surface area contributed by atoms with Crippen LogP contribution in [0.5, 0.6) is 11.5 Å². The van der Waals surface area contributed by atoms with E-state index in [1.54, 1.807) is 31.4 Å². The Balaban J connectivity index is 1.57. The molecule has 5 rings (SSSR count). The molecule has 2 heterocycles. The van der Waals surface area contributed by atoms with Crippen LogP contribution < -0.4 is 14.8 Å². The fourth-order valence-corrected chi connectivity index (χ4v) is 4.92. The van der Waals surface area contributed by atoms with Gasteiger partial charge in [-0.3, -0.25) is 4.79 Å². The highest BCUT2D eigenvalue weighted by Crippen LogP contribution is 2.50. The number of hydrogen-bond donors (Lipinski definition) is 1. The lowest BCUT2D eigenvalue weighted by Gasteiger charge is -2.36. The van der Waals surface area contributed by atoms with Crippen molar-refractivity contribution in [3.8, 4) is 11.5 Å². The fourth-order valence-electron chi connectivity index (χ4n) is 4.92. The van der Waals surface area contributed by atoms with Gasteiger partial charge < -0.3 is 29.0 Å². The molecule has 196 valence electrons. The van der Waals surface area contributed by atoms with Crippen LogP contribution in [0, 0.1) is 0 Å². The first-order valence-electron chi connectivity index (χ1n) is 12.3. The number of para-hydroxylation sites is 1. The standard InChI is InChI=1S/C30H29NO7/c1-19-27-25(28(32)31-21-14-16-22(34-2)17-15-21)26(29(33)35-3)30(37-19,38-27)24(18-20-10-6-4-7-11-20)36-23-12-8-5-9-13-23/h4-17,19,24,27H,18H2,1-3H3,(H,31,32). The van der Waals surface area contributed by atoms with Gasteiger partial charge in [-0.05, 0) is 48.9 Å². The molecular formula is C30H29NO7. The molecule has 2 aliphatic rings. The van der Waals surface area contributed by atoms with Crippen LogP contribution in [-0.4, -0.2) is 50.2 Å². The highest BCUT2D eigenvalue weighted by atomic mass is 16.8. The van der Waals surface area contributed by atoms with Crippen molar-refractivity contribution in [2.45, 2.75) is 37.4 Å². The summed E-state index contributed by atoms with van der Waals surface area (Å²) in [6.07, 6.45) is -1.76. The number of methoxy groups -OCH3 is 2. The SMILES string of the molecule is COC(=O)C1=C(C(=O)Nc2ccc(OC)cc2)C2OC1(C(Cc1ccccc1)Oc1ccccc1)OC2C. The third-order valence-corrected chi connectivity index (χ3v) is 6.68. The Hall–Kier alpha value is -4.14. The number of amides is 1. The Kier molecular flexibility index (Phi) is 7.18. The molecule has 38 heavy (non-hydrogen) atoms. The van der Waals surface area contributed by atoms with Crippen molar-refractivity contribution in [3.05, 3.63) is 102 Å². The molecule has 0 radical (unpaired) electrons. The molecule has 1 amide bonds. The molecular weight excluding hydrogens is 486 g/mol. The molecule has 8 nitrogen and oxygen atoms in total. The predicted molar refractivity (Wildman–Crippen MR) is 140 cm³/mol. The first kappa shape index (κ1) is 25.5. The van der Waals surface area contributed by atoms with Crippen LogP contribution in [0.2, 0.25) is 0 Å². The molecule has 2 aliphatic heterocycles. The fraction of sp³-hybridized carbons (Fsp3) is 0.267. The Morgan fingerprint density at radius 3 is 2.18 bits per heavy atom. The highest BCUT2D eigenvalue weighted by Gasteiger charge is 2.66. The largest absolute Gasteiger partial charge is 0.497 e. The van der Waals surface area contributed by atoms with Gasteiger partial charge in [0.2, 0.25) is 5.79 Å². The minimum atomic E-state index is -1.66. The minimum absolute atomic E-state index is 0.00553. The zero-order valence-corrected chi connectivity index (χ0v) is 21.4. The van der Waals surface area contributed by atoms with E-state index in [-0.39, 0.29) is 11.1 Å². The number of carbonyl (C=O) groups excluding carboxylic acids is 2. The predicted octanol–water partition coefficient (Wildman–Crippen LogP) is 4.31. The van der Waals surface area contributed by atoms with Gasteiger partial charge in [-0.2, -0.15) is 0 Å². The summed E-state index contributed by atoms with van der Waals surface area (Å²) in [4.78, 5) is 26.9. The summed E-state index contributed by atoms with van der Waals surface area (Å²) in [5.41, 5.74) is 1.66. The molecule has 0 saturated carbocycles. The van der Waals surface area contributed by atoms with E-state index in [4.69, 9.17) is 23.7 Å². The normalized spacial score (nSPS) is 22.6. The average Bonchev–Trinajstić information content (AvgIpc) is 3.47. The molecule has 1 fully saturated rings. The van der Waals surface area contributed by atoms with Crippen molar-refractivity contribution >= 4 is 17.6 Å². The lowest BCUT2D eigenvalue weighted by Crippen LogP contribution is -2.52. The lowest BCUT2D eigenvalue weighted by molar-refractivity contribution is -0.195. The average molecular weight is 516 g/mol. The molecule has 1 saturated heterocycles. The van der Waals surface area contributed by atoms with E-state index in [0.717, 1.165) is 5.56 Å². The highest BCUT2D eigenvalue weighted by molar-refractivity contribution is 6.11. The summed E-state index contributed by atoms with van der Waals surface area (Å²) in [6, 6.07) is 25.8. The molecule has 3 aromatic carbocycles. The Bertz CT molecular complexity index is 1280. The van der Waals surface area contributed by atoms with E-state index in [0.29, 0.717) is 23.6 Å². The Labute approximate surface area is 221 Å². The molecule has 4 unspecified atom stereocenters. The number of ether oxygens (including phenoxy) is 5. The molecule has 0 aliphatic carbocycles. The summed E-state index contributed by atoms with van der Waals surface area (Å²) in [5, 5.41) is 2.87. The van der Waals surface area contributed by atoms with Gasteiger partial charge in [-0.25, -0.2) is 4.79 Å². The molecule has 1 N–H and O–H groups in total. The van der Waals surface area contributed by atoms with E-state index >= 15 is 0 Å². The third kappa shape index (κ3) is 4.76. The van der Waals surface area contributed by atoms with Crippen LogP contribution in [0.3, 0.4) is 0 Å². The van der Waals surface area contributed by atoms with Crippen LogP contribution >= 0.6 is 0 Å². The quantitative estimate of drug-likeness (QED) is 0.425. The summed E-state index contributed by atoms with van der Waals surface area (Å²) >= 11 is 0. The van der Waals surface area contributed by atoms with Gasteiger partial charge in [0, 0.05) is 12.1 Å². The van der Waals surface area contributed by atoms with Crippen molar-refractivity contribution in [1.29, 1.82) is 0 Å². The van der Waals surface area contributed by atoms with Gasteiger partial charge in [-0.15, -0.1) is 0 Å². The lowest BCUT2D eigenvalue weighted by atomic mass is 9.88. The molecule has 8 heteroatoms. The molecule has 3 aromatic rings. The van der Waals surface area contributed by atoms with Gasteiger partial charge in [0.15, 0.2) is 6.10 Å². The van der Waals surface area contributed by atoms with Crippen LogP contribution in [0.25, 0.3) is 0 Å². The minimum Gasteiger partial charge on any atom is -0.497 e. The van der Waals surface area contributed by atoms with Gasteiger partial charge in [0.25, 0.3) is 5.91 Å². The third-order valence-electron chi connectivity index (χ3n) is 6.68. The second-order valence-electron chi connectivity index (χ2n) is 9.10. The van der Waals surface area contributed by atoms with Gasteiger partial charge in [-0.1, -0.05) is 48.5 Å². The number of anilines is 1. The van der Waals surface area contributed by atoms with Crippen molar-refractivity contribution in [3.63, 3.8) is 0 Å². The summed E-state index contributed by atoms with van der Waals surface area (Å²) < 4.78 is 29.5. The van der Waals surface area contributed by atoms with E-state index in [1.165, 1.54) is 7.11 Å². The van der Waals surface area contributed by atoms with Gasteiger partial charge >= 0.3 is 5.97 Å². The van der Waals surface area contributed by atoms with Crippen molar-refractivity contribution in [2.75, 3.05) is 19.5 Å². The Morgan fingerprint density at radius 2 is 1.55 bits per heavy atom. The van der Waals surface area contributed by atoms with Crippen LogP contribution in [-0.2, 0) is 30.2 Å². The van der Waals surface area contributed by atoms with Gasteiger partial charge in [0.05, 0.1) is 25.9 Å². The molecule has 4 atom stereocenters. The first-order valence-corrected chi connectivity index (χ1v) is 12.3. The Morgan fingerprint density at radius 1 is 0.895 bits per heavy atom. The number of carbonyl (C=O) groups is 2. The van der Waals surface area contributed by atoms with Crippen LogP contribution in [0.1, 0.15) is 12.5 Å². The van der Waals surface area contributed by atoms with E-state index < -0.39 is 36.0 Å². The van der Waals surface area contributed by atoms with Crippen molar-refractivity contribution in [1.82, 2.24) is 0 Å². The molecule has 2 bridgehead atoms. The number of benzene rings is 3. The number of nitrogens with one attached hydrogen (secondary N) is 1. The van der Waals surface area contributed by atoms with E-state index in [9.17, 15) is 9.59 Å². The number of fused-ring (bicyclic) bond motifs is 2. The summed E-state index contributed by atoms with van der Waals surface area (Å²) in [6.45, 7) is 1.81. The topological polar surface area (TPSA) is 92.3 Å². The van der Waals surface area contributed by atoms with E-state index in [1.807, 2.05) is 67.6 Å². The zero-order chi connectivity index (χ0) is 26.7. The first-order chi connectivity index (χ1) is 18.4. The maximum absolute atomic E-state index is 13.6. The molecule has 0 spiro atoms. The number of hydrogen-bond acceptors (Lipinski definition) is 7. The van der Waals surface area contributed by atoms with Gasteiger partial charge in [0.1, 0.15) is 23.2 Å². The second-order valence-corrected chi connectivity index (χ2v) is 9.10. The zero-order valence-electron chi connectivity index (χ0n) is 21.4. The van der Waals surface area contributed by atoms with Crippen LogP contribution in [0.15, 0.2) is 96.1 Å². The number of rotatable bonds is 9. The van der Waals surface area contributed by atoms with Crippen molar-refractivity contribution in [2.24, 2.45) is 0 Å². The number of esters is 1. The second kappa shape index (κ2) is 10.7. The maximum Gasteiger partial charge on any atom is 0.339 e. The van der Waals surface area contributed by atoms with Crippen LogP contribution in [0.4, 0.5) is 5.69 Å². The summed E-state index contributed by atoms with van der Waals surface area (Å²) in [7, 11) is 2.83. The smallest absolute Gasteiger partial charge is 0.339 e. The maximum atomic E-state index is 13.6. The summed E-state index contributed by atoms with van der Waals surface area (Å²) in [5.74, 6) is -1.62.